The van der Waals surface area contributed by atoms with Gasteiger partial charge in [0.05, 0.1) is 25.3 Å². The molecule has 0 saturated carbocycles. The monoisotopic (exact) mass is 227 g/mol. The summed E-state index contributed by atoms with van der Waals surface area (Å²) in [6, 6.07) is 2.90. The van der Waals surface area contributed by atoms with Crippen LogP contribution in [0.3, 0.4) is 0 Å². The largest absolute Gasteiger partial charge is 0.496 e. The molecule has 0 fully saturated rings. The van der Waals surface area contributed by atoms with Gasteiger partial charge in [0.2, 0.25) is 0 Å². The Kier molecular flexibility index (Phi) is 4.39. The second-order valence-electron chi connectivity index (χ2n) is 3.27. The lowest BCUT2D eigenvalue weighted by molar-refractivity contribution is 0.0889. The zero-order valence-electron chi connectivity index (χ0n) is 9.20. The van der Waals surface area contributed by atoms with Gasteiger partial charge in [-0.2, -0.15) is 0 Å². The summed E-state index contributed by atoms with van der Waals surface area (Å²) in [4.78, 5) is 11.8. The Morgan fingerprint density at radius 2 is 2.19 bits per heavy atom. The van der Waals surface area contributed by atoms with E-state index in [2.05, 4.69) is 0 Å². The summed E-state index contributed by atoms with van der Waals surface area (Å²) in [6.07, 6.45) is 0. The highest BCUT2D eigenvalue weighted by Crippen LogP contribution is 2.20. The first-order chi connectivity index (χ1) is 7.60. The van der Waals surface area contributed by atoms with Crippen molar-refractivity contribution in [3.63, 3.8) is 0 Å². The number of carbonyl (C=O) groups is 1. The van der Waals surface area contributed by atoms with E-state index >= 15 is 0 Å². The fraction of sp³-hybridized carbons (Fsp3) is 0.364. The van der Waals surface area contributed by atoms with E-state index in [0.29, 0.717) is 5.75 Å². The van der Waals surface area contributed by atoms with Gasteiger partial charge < -0.3 is 15.2 Å². The van der Waals surface area contributed by atoms with Crippen molar-refractivity contribution in [2.24, 2.45) is 5.73 Å². The molecule has 1 aromatic carbocycles. The molecule has 1 rings (SSSR count). The van der Waals surface area contributed by atoms with E-state index in [1.54, 1.807) is 0 Å². The molecule has 16 heavy (non-hydrogen) atoms. The number of hydrogen-bond acceptors (Lipinski definition) is 4. The maximum atomic E-state index is 13.0. The molecule has 0 saturated heterocycles. The number of hydrogen-bond donors (Lipinski definition) is 1. The minimum Gasteiger partial charge on any atom is -0.496 e. The van der Waals surface area contributed by atoms with Gasteiger partial charge in [0.1, 0.15) is 11.6 Å². The summed E-state index contributed by atoms with van der Waals surface area (Å²) in [7, 11) is 2.85. The molecule has 0 aliphatic rings. The highest BCUT2D eigenvalue weighted by molar-refractivity contribution is 6.02. The number of Topliss-reactive ketones (excluding diaryl/α,β-unsaturated/α-hetero) is 1. The van der Waals surface area contributed by atoms with E-state index in [-0.39, 0.29) is 12.2 Å². The minimum absolute atomic E-state index is 0.0818. The third-order valence-electron chi connectivity index (χ3n) is 2.11. The number of ketones is 1. The van der Waals surface area contributed by atoms with Crippen LogP contribution in [-0.2, 0) is 4.74 Å². The van der Waals surface area contributed by atoms with E-state index in [4.69, 9.17) is 15.2 Å². The Morgan fingerprint density at radius 1 is 1.50 bits per heavy atom. The molecule has 1 unspecified atom stereocenters. The Labute approximate surface area is 93.2 Å². The van der Waals surface area contributed by atoms with Gasteiger partial charge in [0.15, 0.2) is 5.78 Å². The molecule has 0 aliphatic heterocycles. The summed E-state index contributed by atoms with van der Waals surface area (Å²) in [5, 5.41) is 0. The van der Waals surface area contributed by atoms with Gasteiger partial charge in [-0.15, -0.1) is 0 Å². The van der Waals surface area contributed by atoms with Gasteiger partial charge in [-0.3, -0.25) is 4.79 Å². The van der Waals surface area contributed by atoms with Crippen LogP contribution in [0.2, 0.25) is 0 Å². The molecular formula is C11H14FNO3. The quantitative estimate of drug-likeness (QED) is 0.762. The van der Waals surface area contributed by atoms with Crippen LogP contribution in [0.5, 0.6) is 5.75 Å². The van der Waals surface area contributed by atoms with Crippen molar-refractivity contribution in [2.45, 2.75) is 6.04 Å². The van der Waals surface area contributed by atoms with Crippen molar-refractivity contribution in [1.82, 2.24) is 0 Å². The summed E-state index contributed by atoms with van der Waals surface area (Å²) in [6.45, 7) is 0.0818. The number of nitrogens with two attached hydrogens (primary N) is 1. The third-order valence-corrected chi connectivity index (χ3v) is 2.11. The molecule has 0 heterocycles. The molecule has 0 aromatic heterocycles. The van der Waals surface area contributed by atoms with Gasteiger partial charge in [-0.05, 0) is 18.2 Å². The van der Waals surface area contributed by atoms with Crippen LogP contribution in [0.1, 0.15) is 10.4 Å². The van der Waals surface area contributed by atoms with E-state index in [1.807, 2.05) is 0 Å². The van der Waals surface area contributed by atoms with Crippen molar-refractivity contribution in [3.8, 4) is 5.75 Å². The molecule has 0 aliphatic carbocycles. The average molecular weight is 227 g/mol. The lowest BCUT2D eigenvalue weighted by Crippen LogP contribution is -2.35. The van der Waals surface area contributed by atoms with Gasteiger partial charge >= 0.3 is 0 Å². The fourth-order valence-electron chi connectivity index (χ4n) is 1.33. The second-order valence-corrected chi connectivity index (χ2v) is 3.27. The maximum absolute atomic E-state index is 13.0. The lowest BCUT2D eigenvalue weighted by atomic mass is 10.0. The van der Waals surface area contributed by atoms with Gasteiger partial charge in [0, 0.05) is 7.11 Å². The number of ether oxygens (including phenoxy) is 2. The van der Waals surface area contributed by atoms with Gasteiger partial charge in [-0.1, -0.05) is 0 Å². The summed E-state index contributed by atoms with van der Waals surface area (Å²) in [5.74, 6) is -0.607. The van der Waals surface area contributed by atoms with Crippen molar-refractivity contribution in [2.75, 3.05) is 20.8 Å². The van der Waals surface area contributed by atoms with Crippen LogP contribution >= 0.6 is 0 Å². The Bertz CT molecular complexity index is 381. The zero-order valence-corrected chi connectivity index (χ0v) is 9.20. The smallest absolute Gasteiger partial charge is 0.185 e. The van der Waals surface area contributed by atoms with Crippen molar-refractivity contribution in [3.05, 3.63) is 29.6 Å². The molecule has 1 aromatic rings. The topological polar surface area (TPSA) is 61.5 Å². The van der Waals surface area contributed by atoms with E-state index < -0.39 is 17.6 Å². The molecule has 0 spiro atoms. The molecule has 5 heteroatoms. The number of rotatable bonds is 5. The SMILES string of the molecule is COCC(N)C(=O)c1cc(F)ccc1OC. The van der Waals surface area contributed by atoms with E-state index in [0.717, 1.165) is 6.07 Å². The summed E-state index contributed by atoms with van der Waals surface area (Å²) >= 11 is 0. The van der Waals surface area contributed by atoms with Crippen molar-refractivity contribution in [1.29, 1.82) is 0 Å². The zero-order chi connectivity index (χ0) is 12.1. The van der Waals surface area contributed by atoms with Crippen molar-refractivity contribution < 1.29 is 18.7 Å². The van der Waals surface area contributed by atoms with Crippen LogP contribution in [0.4, 0.5) is 4.39 Å². The average Bonchev–Trinajstić information content (AvgIpc) is 2.28. The fourth-order valence-corrected chi connectivity index (χ4v) is 1.33. The van der Waals surface area contributed by atoms with Crippen LogP contribution in [-0.4, -0.2) is 32.7 Å². The normalized spacial score (nSPS) is 12.2. The summed E-state index contributed by atoms with van der Waals surface area (Å²) < 4.78 is 22.7. The molecule has 0 amide bonds. The number of benzene rings is 1. The first-order valence-electron chi connectivity index (χ1n) is 4.72. The lowest BCUT2D eigenvalue weighted by Gasteiger charge is -2.12. The Hall–Kier alpha value is -1.46. The predicted molar refractivity (Wildman–Crippen MR) is 57.1 cm³/mol. The number of carbonyl (C=O) groups excluding carboxylic acids is 1. The molecule has 2 N–H and O–H groups in total. The number of halogens is 1. The summed E-state index contributed by atoms with van der Waals surface area (Å²) in [5.41, 5.74) is 5.71. The maximum Gasteiger partial charge on any atom is 0.185 e. The van der Waals surface area contributed by atoms with Gasteiger partial charge in [-0.25, -0.2) is 4.39 Å². The molecule has 1 atom stereocenters. The minimum atomic E-state index is -0.819. The van der Waals surface area contributed by atoms with Crippen molar-refractivity contribution >= 4 is 5.78 Å². The first kappa shape index (κ1) is 12.6. The molecule has 4 nitrogen and oxygen atoms in total. The van der Waals surface area contributed by atoms with Crippen LogP contribution < -0.4 is 10.5 Å². The van der Waals surface area contributed by atoms with Crippen LogP contribution in [0.25, 0.3) is 0 Å². The standard InChI is InChI=1S/C11H14FNO3/c1-15-6-9(13)11(14)8-5-7(12)3-4-10(8)16-2/h3-5,9H,6,13H2,1-2H3. The molecular weight excluding hydrogens is 213 g/mol. The van der Waals surface area contributed by atoms with Crippen LogP contribution in [0.15, 0.2) is 18.2 Å². The molecule has 0 bridgehead atoms. The molecule has 88 valence electrons. The molecule has 0 radical (unpaired) electrons. The van der Waals surface area contributed by atoms with Gasteiger partial charge in [0.25, 0.3) is 0 Å². The van der Waals surface area contributed by atoms with E-state index in [9.17, 15) is 9.18 Å². The predicted octanol–water partition coefficient (Wildman–Crippen LogP) is 0.991. The highest BCUT2D eigenvalue weighted by Gasteiger charge is 2.20. The Balaban J connectivity index is 3.01. The Morgan fingerprint density at radius 3 is 2.75 bits per heavy atom. The first-order valence-corrected chi connectivity index (χ1v) is 4.72. The third kappa shape index (κ3) is 2.77. The highest BCUT2D eigenvalue weighted by atomic mass is 19.1. The second kappa shape index (κ2) is 5.58. The number of methoxy groups -OCH3 is 2. The van der Waals surface area contributed by atoms with Crippen LogP contribution in [0, 0.1) is 5.82 Å². The van der Waals surface area contributed by atoms with E-state index in [1.165, 1.54) is 26.4 Å².